The Labute approximate surface area is 181 Å². The number of nitro groups is 1. The Morgan fingerprint density at radius 1 is 1.29 bits per heavy atom. The molecule has 0 saturated carbocycles. The largest absolute Gasteiger partial charge is 0.493 e. The van der Waals surface area contributed by atoms with E-state index < -0.39 is 23.0 Å². The number of benzene rings is 1. The second-order valence-corrected chi connectivity index (χ2v) is 7.24. The lowest BCUT2D eigenvalue weighted by molar-refractivity contribution is -0.386. The molecular formula is C21H29N3O7. The third-order valence-electron chi connectivity index (χ3n) is 4.59. The summed E-state index contributed by atoms with van der Waals surface area (Å²) in [5, 5.41) is 17.1. The molecule has 31 heavy (non-hydrogen) atoms. The zero-order valence-corrected chi connectivity index (χ0v) is 18.4. The highest BCUT2D eigenvalue weighted by Crippen LogP contribution is 2.42. The average molecular weight is 435 g/mol. The molecule has 2 rings (SSSR count). The lowest BCUT2D eigenvalue weighted by Gasteiger charge is -2.29. The highest BCUT2D eigenvalue weighted by molar-refractivity contribution is 5.95. The number of allylic oxidation sites excluding steroid dienone is 1. The van der Waals surface area contributed by atoms with Gasteiger partial charge in [0.1, 0.15) is 0 Å². The van der Waals surface area contributed by atoms with Gasteiger partial charge in [0.05, 0.1) is 36.4 Å². The predicted octanol–water partition coefficient (Wildman–Crippen LogP) is 3.75. The van der Waals surface area contributed by atoms with Crippen LogP contribution in [0.2, 0.25) is 0 Å². The topological polar surface area (TPSA) is 129 Å². The monoisotopic (exact) mass is 435 g/mol. The third-order valence-corrected chi connectivity index (χ3v) is 4.59. The predicted molar refractivity (Wildman–Crippen MR) is 113 cm³/mol. The molecule has 0 saturated heterocycles. The Hall–Kier alpha value is -3.30. The Kier molecular flexibility index (Phi) is 8.23. The fraction of sp³-hybridized carbons (Fsp3) is 0.524. The van der Waals surface area contributed by atoms with Gasteiger partial charge in [-0.3, -0.25) is 10.1 Å². The summed E-state index contributed by atoms with van der Waals surface area (Å²) in [6.45, 7) is 7.30. The molecule has 1 heterocycles. The van der Waals surface area contributed by atoms with Crippen LogP contribution >= 0.6 is 0 Å². The molecule has 0 radical (unpaired) electrons. The van der Waals surface area contributed by atoms with E-state index in [1.165, 1.54) is 19.2 Å². The minimum Gasteiger partial charge on any atom is -0.493 e. The highest BCUT2D eigenvalue weighted by Gasteiger charge is 2.36. The number of nitrogens with zero attached hydrogens (tertiary/aromatic N) is 1. The van der Waals surface area contributed by atoms with Crippen molar-refractivity contribution in [3.05, 3.63) is 39.1 Å². The minimum atomic E-state index is -0.944. The summed E-state index contributed by atoms with van der Waals surface area (Å²) >= 11 is 0. The van der Waals surface area contributed by atoms with Gasteiger partial charge in [-0.2, -0.15) is 0 Å². The molecule has 170 valence electrons. The Morgan fingerprint density at radius 3 is 2.55 bits per heavy atom. The molecule has 1 aromatic rings. The van der Waals surface area contributed by atoms with Crippen molar-refractivity contribution in [2.24, 2.45) is 0 Å². The normalized spacial score (nSPS) is 15.9. The number of methoxy groups -OCH3 is 1. The van der Waals surface area contributed by atoms with E-state index >= 15 is 0 Å². The minimum absolute atomic E-state index is 0.0145. The summed E-state index contributed by atoms with van der Waals surface area (Å²) in [7, 11) is 1.37. The Morgan fingerprint density at radius 2 is 2.00 bits per heavy atom. The van der Waals surface area contributed by atoms with E-state index in [-0.39, 0.29) is 35.5 Å². The fourth-order valence-corrected chi connectivity index (χ4v) is 3.28. The van der Waals surface area contributed by atoms with Gasteiger partial charge < -0.3 is 24.8 Å². The second-order valence-electron chi connectivity index (χ2n) is 7.24. The van der Waals surface area contributed by atoms with Crippen molar-refractivity contribution in [3.63, 3.8) is 0 Å². The molecule has 0 aliphatic carbocycles. The van der Waals surface area contributed by atoms with Crippen molar-refractivity contribution in [2.45, 2.75) is 59.1 Å². The van der Waals surface area contributed by atoms with Crippen LogP contribution in [0.4, 0.5) is 10.5 Å². The first-order valence-corrected chi connectivity index (χ1v) is 10.2. The van der Waals surface area contributed by atoms with Crippen LogP contribution in [0.15, 0.2) is 23.4 Å². The van der Waals surface area contributed by atoms with Crippen LogP contribution in [0.1, 0.15) is 58.6 Å². The maximum atomic E-state index is 12.8. The number of carbonyl (C=O) groups excluding carboxylic acids is 2. The van der Waals surface area contributed by atoms with Gasteiger partial charge in [-0.15, -0.1) is 0 Å². The zero-order valence-electron chi connectivity index (χ0n) is 18.4. The van der Waals surface area contributed by atoms with Gasteiger partial charge in [0.15, 0.2) is 5.75 Å². The summed E-state index contributed by atoms with van der Waals surface area (Å²) in [6, 6.07) is 1.36. The van der Waals surface area contributed by atoms with E-state index in [1.807, 2.05) is 6.92 Å². The molecule has 1 aliphatic heterocycles. The molecular weight excluding hydrogens is 406 g/mol. The summed E-state index contributed by atoms with van der Waals surface area (Å²) < 4.78 is 16.2. The Bertz CT molecular complexity index is 880. The zero-order chi connectivity index (χ0) is 23.1. The molecule has 10 heteroatoms. The molecule has 0 aromatic heterocycles. The van der Waals surface area contributed by atoms with Gasteiger partial charge >= 0.3 is 17.7 Å². The molecule has 1 unspecified atom stereocenters. The number of nitro benzene ring substituents is 1. The van der Waals surface area contributed by atoms with Crippen LogP contribution in [0, 0.1) is 10.1 Å². The number of rotatable bonds is 10. The van der Waals surface area contributed by atoms with Crippen LogP contribution in [-0.2, 0) is 9.53 Å². The maximum Gasteiger partial charge on any atom is 0.338 e. The molecule has 2 amide bonds. The number of urea groups is 1. The van der Waals surface area contributed by atoms with E-state index in [9.17, 15) is 19.7 Å². The van der Waals surface area contributed by atoms with Crippen LogP contribution in [-0.4, -0.2) is 36.7 Å². The average Bonchev–Trinajstić information content (AvgIpc) is 2.71. The van der Waals surface area contributed by atoms with E-state index in [2.05, 4.69) is 10.6 Å². The number of hydrogen-bond donors (Lipinski definition) is 2. The highest BCUT2D eigenvalue weighted by atomic mass is 16.6. The summed E-state index contributed by atoms with van der Waals surface area (Å²) in [5.41, 5.74) is 0.641. The van der Waals surface area contributed by atoms with E-state index in [0.29, 0.717) is 17.7 Å². The summed E-state index contributed by atoms with van der Waals surface area (Å²) in [6.07, 6.45) is 1.74. The number of carbonyl (C=O) groups is 2. The van der Waals surface area contributed by atoms with Gasteiger partial charge in [-0.1, -0.05) is 13.3 Å². The number of unbranched alkanes of at least 4 members (excludes halogenated alkanes) is 1. The molecule has 0 bridgehead atoms. The summed E-state index contributed by atoms with van der Waals surface area (Å²) in [4.78, 5) is 36.3. The van der Waals surface area contributed by atoms with Crippen molar-refractivity contribution in [1.29, 1.82) is 0 Å². The van der Waals surface area contributed by atoms with Gasteiger partial charge in [-0.25, -0.2) is 9.59 Å². The lowest BCUT2D eigenvalue weighted by atomic mass is 9.92. The molecule has 0 fully saturated rings. The third kappa shape index (κ3) is 5.65. The van der Waals surface area contributed by atoms with E-state index in [4.69, 9.17) is 14.2 Å². The van der Waals surface area contributed by atoms with E-state index in [0.717, 1.165) is 12.8 Å². The standard InChI is InChI=1S/C21H29N3O7/c1-6-8-9-14-17(20(25)30-7-2)18(23-21(26)22-14)13-10-15(24(27)28)19(31-12(3)4)16(11-13)29-5/h10-12,18H,6-9H2,1-5H3,(H2,22,23,26). The first kappa shape index (κ1) is 24.0. The van der Waals surface area contributed by atoms with Gasteiger partial charge in [0.2, 0.25) is 5.75 Å². The number of ether oxygens (including phenoxy) is 3. The lowest BCUT2D eigenvalue weighted by Crippen LogP contribution is -2.46. The van der Waals surface area contributed by atoms with Crippen molar-refractivity contribution in [3.8, 4) is 11.5 Å². The van der Waals surface area contributed by atoms with Crippen molar-refractivity contribution < 1.29 is 28.7 Å². The number of amides is 2. The first-order valence-electron chi connectivity index (χ1n) is 10.2. The van der Waals surface area contributed by atoms with Crippen molar-refractivity contribution >= 4 is 17.7 Å². The SMILES string of the molecule is CCCCC1=C(C(=O)OCC)C(c2cc(OC)c(OC(C)C)c([N+](=O)[O-])c2)NC(=O)N1. The van der Waals surface area contributed by atoms with Crippen LogP contribution in [0.5, 0.6) is 11.5 Å². The quantitative estimate of drug-likeness (QED) is 0.325. The van der Waals surface area contributed by atoms with Crippen LogP contribution < -0.4 is 20.1 Å². The molecule has 1 aromatic carbocycles. The fourth-order valence-electron chi connectivity index (χ4n) is 3.28. The van der Waals surface area contributed by atoms with Gasteiger partial charge in [-0.05, 0) is 45.2 Å². The summed E-state index contributed by atoms with van der Waals surface area (Å²) in [5.74, 6) is -0.487. The second kappa shape index (κ2) is 10.6. The van der Waals surface area contributed by atoms with Gasteiger partial charge in [0.25, 0.3) is 0 Å². The number of esters is 1. The smallest absolute Gasteiger partial charge is 0.338 e. The first-order chi connectivity index (χ1) is 14.7. The number of nitrogens with one attached hydrogen (secondary N) is 2. The van der Waals surface area contributed by atoms with Crippen LogP contribution in [0.25, 0.3) is 0 Å². The molecule has 10 nitrogen and oxygen atoms in total. The van der Waals surface area contributed by atoms with Gasteiger partial charge in [0, 0.05) is 11.8 Å². The number of hydrogen-bond acceptors (Lipinski definition) is 7. The van der Waals surface area contributed by atoms with E-state index in [1.54, 1.807) is 20.8 Å². The van der Waals surface area contributed by atoms with Crippen molar-refractivity contribution in [2.75, 3.05) is 13.7 Å². The Balaban J connectivity index is 2.69. The molecule has 2 N–H and O–H groups in total. The maximum absolute atomic E-state index is 12.8. The molecule has 1 aliphatic rings. The van der Waals surface area contributed by atoms with Crippen LogP contribution in [0.3, 0.4) is 0 Å². The molecule has 1 atom stereocenters. The molecule has 0 spiro atoms. The van der Waals surface area contributed by atoms with Crippen molar-refractivity contribution in [1.82, 2.24) is 10.6 Å².